The Bertz CT molecular complexity index is 405. The first-order chi connectivity index (χ1) is 7.79. The van der Waals surface area contributed by atoms with Gasteiger partial charge < -0.3 is 4.74 Å². The van der Waals surface area contributed by atoms with Crippen molar-refractivity contribution in [3.63, 3.8) is 0 Å². The summed E-state index contributed by atoms with van der Waals surface area (Å²) in [6, 6.07) is 6.42. The molecule has 1 aromatic rings. The van der Waals surface area contributed by atoms with Crippen molar-refractivity contribution < 1.29 is 9.13 Å². The molecule has 0 spiro atoms. The van der Waals surface area contributed by atoms with Crippen LogP contribution in [-0.2, 0) is 11.3 Å². The summed E-state index contributed by atoms with van der Waals surface area (Å²) in [6.07, 6.45) is 4.87. The molecule has 1 saturated carbocycles. The molecule has 1 aromatic carbocycles. The number of nitriles is 1. The van der Waals surface area contributed by atoms with Crippen molar-refractivity contribution in [2.75, 3.05) is 0 Å². The van der Waals surface area contributed by atoms with Crippen LogP contribution in [0.25, 0.3) is 0 Å². The summed E-state index contributed by atoms with van der Waals surface area (Å²) in [5.74, 6) is -0.350. The Morgan fingerprint density at radius 3 is 2.75 bits per heavy atom. The van der Waals surface area contributed by atoms with Crippen molar-refractivity contribution in [3.8, 4) is 6.07 Å². The lowest BCUT2D eigenvalue weighted by Gasteiger charge is -2.11. The van der Waals surface area contributed by atoms with Gasteiger partial charge in [0.15, 0.2) is 0 Å². The van der Waals surface area contributed by atoms with Gasteiger partial charge in [0.25, 0.3) is 0 Å². The van der Waals surface area contributed by atoms with Crippen LogP contribution >= 0.6 is 0 Å². The average Bonchev–Trinajstić information content (AvgIpc) is 2.80. The largest absolute Gasteiger partial charge is 0.373 e. The minimum atomic E-state index is -0.350. The van der Waals surface area contributed by atoms with Gasteiger partial charge in [-0.05, 0) is 25.0 Å². The lowest BCUT2D eigenvalue weighted by Crippen LogP contribution is -2.08. The quantitative estimate of drug-likeness (QED) is 0.782. The first kappa shape index (κ1) is 11.1. The molecular formula is C13H14FNO. The number of hydrogen-bond donors (Lipinski definition) is 0. The highest BCUT2D eigenvalue weighted by Crippen LogP contribution is 2.22. The van der Waals surface area contributed by atoms with Gasteiger partial charge in [-0.1, -0.05) is 18.9 Å². The van der Waals surface area contributed by atoms with E-state index in [-0.39, 0.29) is 11.9 Å². The Labute approximate surface area is 94.7 Å². The fourth-order valence-electron chi connectivity index (χ4n) is 2.00. The van der Waals surface area contributed by atoms with E-state index in [1.807, 2.05) is 6.07 Å². The minimum Gasteiger partial charge on any atom is -0.373 e. The van der Waals surface area contributed by atoms with Crippen LogP contribution in [0.4, 0.5) is 4.39 Å². The van der Waals surface area contributed by atoms with Gasteiger partial charge in [0, 0.05) is 5.56 Å². The first-order valence-electron chi connectivity index (χ1n) is 5.60. The van der Waals surface area contributed by atoms with E-state index in [1.54, 1.807) is 12.1 Å². The number of nitrogens with zero attached hydrogens (tertiary/aromatic N) is 1. The van der Waals surface area contributed by atoms with Gasteiger partial charge in [0.2, 0.25) is 0 Å². The molecule has 0 aromatic heterocycles. The summed E-state index contributed by atoms with van der Waals surface area (Å²) in [6.45, 7) is 0.308. The third-order valence-corrected chi connectivity index (χ3v) is 2.96. The van der Waals surface area contributed by atoms with Crippen LogP contribution < -0.4 is 0 Å². The van der Waals surface area contributed by atoms with Crippen LogP contribution in [-0.4, -0.2) is 6.10 Å². The molecule has 0 atom stereocenters. The standard InChI is InChI=1S/C13H14FNO/c14-13-7-10(8-15)5-6-11(13)9-16-12-3-1-2-4-12/h5-7,12H,1-4,9H2. The van der Waals surface area contributed by atoms with Crippen LogP contribution in [0.2, 0.25) is 0 Å². The molecule has 16 heavy (non-hydrogen) atoms. The van der Waals surface area contributed by atoms with Gasteiger partial charge in [-0.2, -0.15) is 5.26 Å². The Balaban J connectivity index is 1.96. The van der Waals surface area contributed by atoms with Crippen LogP contribution in [0.5, 0.6) is 0 Å². The smallest absolute Gasteiger partial charge is 0.130 e. The van der Waals surface area contributed by atoms with Crippen molar-refractivity contribution in [2.24, 2.45) is 0 Å². The lowest BCUT2D eigenvalue weighted by atomic mass is 10.1. The molecule has 0 N–H and O–H groups in total. The van der Waals surface area contributed by atoms with E-state index in [1.165, 1.54) is 18.9 Å². The summed E-state index contributed by atoms with van der Waals surface area (Å²) >= 11 is 0. The second kappa shape index (κ2) is 5.09. The van der Waals surface area contributed by atoms with Gasteiger partial charge in [-0.15, -0.1) is 0 Å². The SMILES string of the molecule is N#Cc1ccc(COC2CCCC2)c(F)c1. The normalized spacial score (nSPS) is 16.2. The Hall–Kier alpha value is -1.40. The van der Waals surface area contributed by atoms with Gasteiger partial charge in [-0.3, -0.25) is 0 Å². The maximum atomic E-state index is 13.5. The molecule has 0 bridgehead atoms. The molecule has 3 heteroatoms. The summed E-state index contributed by atoms with van der Waals surface area (Å²) in [5, 5.41) is 8.61. The third kappa shape index (κ3) is 2.59. The number of halogens is 1. The summed E-state index contributed by atoms with van der Waals surface area (Å²) in [4.78, 5) is 0. The van der Waals surface area contributed by atoms with Crippen LogP contribution in [0, 0.1) is 17.1 Å². The zero-order valence-corrected chi connectivity index (χ0v) is 9.08. The van der Waals surface area contributed by atoms with Gasteiger partial charge in [0.1, 0.15) is 5.82 Å². The molecule has 1 fully saturated rings. The third-order valence-electron chi connectivity index (χ3n) is 2.96. The molecular weight excluding hydrogens is 205 g/mol. The molecule has 0 heterocycles. The monoisotopic (exact) mass is 219 g/mol. The molecule has 2 rings (SSSR count). The van der Waals surface area contributed by atoms with Crippen molar-refractivity contribution >= 4 is 0 Å². The molecule has 1 aliphatic rings. The van der Waals surface area contributed by atoms with Gasteiger partial charge in [-0.25, -0.2) is 4.39 Å². The molecule has 84 valence electrons. The fraction of sp³-hybridized carbons (Fsp3) is 0.462. The van der Waals surface area contributed by atoms with E-state index in [0.717, 1.165) is 12.8 Å². The highest BCUT2D eigenvalue weighted by Gasteiger charge is 2.15. The molecule has 0 radical (unpaired) electrons. The maximum Gasteiger partial charge on any atom is 0.130 e. The van der Waals surface area contributed by atoms with E-state index in [9.17, 15) is 4.39 Å². The van der Waals surface area contributed by atoms with E-state index in [4.69, 9.17) is 10.00 Å². The Morgan fingerprint density at radius 1 is 1.38 bits per heavy atom. The Kier molecular flexibility index (Phi) is 3.53. The fourth-order valence-corrected chi connectivity index (χ4v) is 2.00. The molecule has 2 nitrogen and oxygen atoms in total. The predicted octanol–water partition coefficient (Wildman–Crippen LogP) is 3.16. The number of rotatable bonds is 3. The summed E-state index contributed by atoms with van der Waals surface area (Å²) in [7, 11) is 0. The predicted molar refractivity (Wildman–Crippen MR) is 58.2 cm³/mol. The van der Waals surface area contributed by atoms with Crippen molar-refractivity contribution in [2.45, 2.75) is 38.4 Å². The van der Waals surface area contributed by atoms with Crippen LogP contribution in [0.15, 0.2) is 18.2 Å². The maximum absolute atomic E-state index is 13.5. The van der Waals surface area contributed by atoms with Crippen LogP contribution in [0.1, 0.15) is 36.8 Å². The zero-order valence-electron chi connectivity index (χ0n) is 9.08. The van der Waals surface area contributed by atoms with Gasteiger partial charge in [0.05, 0.1) is 24.3 Å². The number of hydrogen-bond acceptors (Lipinski definition) is 2. The van der Waals surface area contributed by atoms with Crippen molar-refractivity contribution in [1.29, 1.82) is 5.26 Å². The van der Waals surface area contributed by atoms with E-state index >= 15 is 0 Å². The topological polar surface area (TPSA) is 33.0 Å². The van der Waals surface area contributed by atoms with Gasteiger partial charge >= 0.3 is 0 Å². The Morgan fingerprint density at radius 2 is 2.12 bits per heavy atom. The van der Waals surface area contributed by atoms with Crippen LogP contribution in [0.3, 0.4) is 0 Å². The molecule has 0 saturated heterocycles. The highest BCUT2D eigenvalue weighted by atomic mass is 19.1. The highest BCUT2D eigenvalue weighted by molar-refractivity contribution is 5.32. The average molecular weight is 219 g/mol. The van der Waals surface area contributed by atoms with Crippen molar-refractivity contribution in [3.05, 3.63) is 35.1 Å². The summed E-state index contributed by atoms with van der Waals surface area (Å²) in [5.41, 5.74) is 0.882. The first-order valence-corrected chi connectivity index (χ1v) is 5.60. The molecule has 0 aliphatic heterocycles. The number of ether oxygens (including phenoxy) is 1. The van der Waals surface area contributed by atoms with E-state index < -0.39 is 0 Å². The minimum absolute atomic E-state index is 0.287. The second-order valence-corrected chi connectivity index (χ2v) is 4.14. The van der Waals surface area contributed by atoms with Crippen molar-refractivity contribution in [1.82, 2.24) is 0 Å². The number of benzene rings is 1. The second-order valence-electron chi connectivity index (χ2n) is 4.14. The zero-order chi connectivity index (χ0) is 11.4. The van der Waals surface area contributed by atoms with E-state index in [2.05, 4.69) is 0 Å². The molecule has 0 amide bonds. The lowest BCUT2D eigenvalue weighted by molar-refractivity contribution is 0.0441. The molecule has 1 aliphatic carbocycles. The molecule has 0 unspecified atom stereocenters. The van der Waals surface area contributed by atoms with E-state index in [0.29, 0.717) is 17.7 Å². The summed E-state index contributed by atoms with van der Waals surface area (Å²) < 4.78 is 19.1.